The Morgan fingerprint density at radius 1 is 1.04 bits per heavy atom. The summed E-state index contributed by atoms with van der Waals surface area (Å²) >= 11 is 1.46. The molecular formula is C16H14FNO4S. The molecular weight excluding hydrogens is 321 g/mol. The van der Waals surface area contributed by atoms with Crippen molar-refractivity contribution in [1.29, 1.82) is 0 Å². The van der Waals surface area contributed by atoms with Crippen molar-refractivity contribution in [2.45, 2.75) is 6.92 Å². The molecule has 2 aromatic carbocycles. The second-order valence-electron chi connectivity index (χ2n) is 4.76. The lowest BCUT2D eigenvalue weighted by Crippen LogP contribution is -1.93. The smallest absolute Gasteiger partial charge is 0.201 e. The number of hydrogen-bond acceptors (Lipinski definition) is 6. The zero-order chi connectivity index (χ0) is 16.6. The SMILES string of the molecule is COc1cc(Oc2cc3sc(C)nc3cc2F)cc(OC)c1O. The maximum Gasteiger partial charge on any atom is 0.201 e. The number of phenolic OH excluding ortho intramolecular Hbond substituents is 1. The quantitative estimate of drug-likeness (QED) is 0.772. The Morgan fingerprint density at radius 3 is 2.30 bits per heavy atom. The summed E-state index contributed by atoms with van der Waals surface area (Å²) < 4.78 is 30.7. The van der Waals surface area contributed by atoms with E-state index in [0.717, 1.165) is 9.71 Å². The number of halogens is 1. The van der Waals surface area contributed by atoms with E-state index in [9.17, 15) is 9.50 Å². The van der Waals surface area contributed by atoms with Gasteiger partial charge in [-0.2, -0.15) is 0 Å². The molecule has 0 aliphatic heterocycles. The molecule has 0 fully saturated rings. The molecule has 1 heterocycles. The van der Waals surface area contributed by atoms with Gasteiger partial charge in [-0.1, -0.05) is 0 Å². The summed E-state index contributed by atoms with van der Waals surface area (Å²) in [4.78, 5) is 4.24. The summed E-state index contributed by atoms with van der Waals surface area (Å²) in [6, 6.07) is 5.85. The first-order valence-corrected chi connectivity index (χ1v) is 7.53. The van der Waals surface area contributed by atoms with Crippen molar-refractivity contribution in [2.24, 2.45) is 0 Å². The van der Waals surface area contributed by atoms with Crippen molar-refractivity contribution in [2.75, 3.05) is 14.2 Å². The van der Waals surface area contributed by atoms with Gasteiger partial charge >= 0.3 is 0 Å². The zero-order valence-electron chi connectivity index (χ0n) is 12.7. The minimum atomic E-state index is -0.520. The Bertz CT molecular complexity index is 853. The highest BCUT2D eigenvalue weighted by molar-refractivity contribution is 7.18. The normalized spacial score (nSPS) is 10.8. The third kappa shape index (κ3) is 2.87. The van der Waals surface area contributed by atoms with Crippen LogP contribution in [0, 0.1) is 12.7 Å². The van der Waals surface area contributed by atoms with Gasteiger partial charge in [-0.15, -0.1) is 11.3 Å². The minimum absolute atomic E-state index is 0.0657. The van der Waals surface area contributed by atoms with Crippen LogP contribution in [0.2, 0.25) is 0 Å². The largest absolute Gasteiger partial charge is 0.502 e. The molecule has 0 spiro atoms. The summed E-state index contributed by atoms with van der Waals surface area (Å²) in [5.74, 6) is 0.0426. The second-order valence-corrected chi connectivity index (χ2v) is 6.00. The van der Waals surface area contributed by atoms with Crippen LogP contribution in [0.1, 0.15) is 5.01 Å². The van der Waals surface area contributed by atoms with Crippen LogP contribution in [0.3, 0.4) is 0 Å². The standard InChI is InChI=1S/C16H14FNO4S/c1-8-18-11-6-10(17)12(7-15(11)23-8)22-9-4-13(20-2)16(19)14(5-9)21-3/h4-7,19H,1-3H3. The average molecular weight is 335 g/mol. The van der Waals surface area contributed by atoms with E-state index < -0.39 is 5.82 Å². The highest BCUT2D eigenvalue weighted by Crippen LogP contribution is 2.41. The van der Waals surface area contributed by atoms with E-state index in [0.29, 0.717) is 5.52 Å². The number of methoxy groups -OCH3 is 2. The highest BCUT2D eigenvalue weighted by atomic mass is 32.1. The van der Waals surface area contributed by atoms with E-state index in [1.807, 2.05) is 6.92 Å². The number of fused-ring (bicyclic) bond motifs is 1. The number of nitrogens with zero attached hydrogens (tertiary/aromatic N) is 1. The highest BCUT2D eigenvalue weighted by Gasteiger charge is 2.15. The monoisotopic (exact) mass is 335 g/mol. The zero-order valence-corrected chi connectivity index (χ0v) is 13.5. The molecule has 0 aliphatic carbocycles. The predicted octanol–water partition coefficient (Wildman–Crippen LogP) is 4.26. The first kappa shape index (κ1) is 15.4. The van der Waals surface area contributed by atoms with Crippen molar-refractivity contribution in [3.05, 3.63) is 35.1 Å². The summed E-state index contributed by atoms with van der Waals surface area (Å²) in [5.41, 5.74) is 0.596. The van der Waals surface area contributed by atoms with Crippen LogP contribution in [-0.4, -0.2) is 24.3 Å². The molecule has 3 rings (SSSR count). The van der Waals surface area contributed by atoms with Gasteiger partial charge in [-0.05, 0) is 6.92 Å². The Morgan fingerprint density at radius 2 is 1.70 bits per heavy atom. The van der Waals surface area contributed by atoms with E-state index in [4.69, 9.17) is 14.2 Å². The van der Waals surface area contributed by atoms with Gasteiger partial charge in [0, 0.05) is 24.3 Å². The number of phenols is 1. The molecule has 23 heavy (non-hydrogen) atoms. The lowest BCUT2D eigenvalue weighted by molar-refractivity contribution is 0.334. The van der Waals surface area contributed by atoms with Crippen molar-refractivity contribution in [1.82, 2.24) is 4.98 Å². The van der Waals surface area contributed by atoms with E-state index in [-0.39, 0.29) is 28.7 Å². The first-order valence-electron chi connectivity index (χ1n) is 6.71. The van der Waals surface area contributed by atoms with Crippen molar-refractivity contribution >= 4 is 21.6 Å². The van der Waals surface area contributed by atoms with Gasteiger partial charge in [0.2, 0.25) is 5.75 Å². The Balaban J connectivity index is 2.03. The fourth-order valence-corrected chi connectivity index (χ4v) is 3.02. The van der Waals surface area contributed by atoms with E-state index >= 15 is 0 Å². The van der Waals surface area contributed by atoms with Crippen LogP contribution < -0.4 is 14.2 Å². The Hall–Kier alpha value is -2.54. The average Bonchev–Trinajstić information content (AvgIpc) is 2.88. The van der Waals surface area contributed by atoms with Crippen LogP contribution >= 0.6 is 11.3 Å². The molecule has 120 valence electrons. The Kier molecular flexibility index (Phi) is 3.96. The molecule has 0 bridgehead atoms. The van der Waals surface area contributed by atoms with Crippen LogP contribution in [0.4, 0.5) is 4.39 Å². The first-order chi connectivity index (χ1) is 11.0. The fourth-order valence-electron chi connectivity index (χ4n) is 2.18. The summed E-state index contributed by atoms with van der Waals surface area (Å²) in [6.45, 7) is 1.86. The van der Waals surface area contributed by atoms with Gasteiger partial charge < -0.3 is 19.3 Å². The molecule has 0 saturated heterocycles. The van der Waals surface area contributed by atoms with Gasteiger partial charge in [-0.25, -0.2) is 9.37 Å². The number of aryl methyl sites for hydroxylation is 1. The molecule has 7 heteroatoms. The number of hydrogen-bond donors (Lipinski definition) is 1. The molecule has 5 nitrogen and oxygen atoms in total. The number of aromatic hydroxyl groups is 1. The van der Waals surface area contributed by atoms with Gasteiger partial charge in [0.25, 0.3) is 0 Å². The fraction of sp³-hybridized carbons (Fsp3) is 0.188. The van der Waals surface area contributed by atoms with Crippen LogP contribution in [0.15, 0.2) is 24.3 Å². The third-order valence-electron chi connectivity index (χ3n) is 3.23. The molecule has 1 N–H and O–H groups in total. The van der Waals surface area contributed by atoms with Gasteiger partial charge in [0.15, 0.2) is 23.1 Å². The number of ether oxygens (including phenoxy) is 3. The topological polar surface area (TPSA) is 60.8 Å². The minimum Gasteiger partial charge on any atom is -0.502 e. The van der Waals surface area contributed by atoms with Gasteiger partial charge in [0.1, 0.15) is 5.75 Å². The van der Waals surface area contributed by atoms with Crippen LogP contribution in [0.5, 0.6) is 28.7 Å². The second kappa shape index (κ2) is 5.92. The van der Waals surface area contributed by atoms with E-state index in [1.54, 1.807) is 6.07 Å². The predicted molar refractivity (Wildman–Crippen MR) is 85.6 cm³/mol. The van der Waals surface area contributed by atoms with Crippen LogP contribution in [0.25, 0.3) is 10.2 Å². The summed E-state index contributed by atoms with van der Waals surface area (Å²) in [7, 11) is 2.82. The molecule has 0 radical (unpaired) electrons. The van der Waals surface area contributed by atoms with Gasteiger partial charge in [-0.3, -0.25) is 0 Å². The molecule has 0 unspecified atom stereocenters. The molecule has 1 aromatic heterocycles. The lowest BCUT2D eigenvalue weighted by atomic mass is 10.2. The van der Waals surface area contributed by atoms with Crippen molar-refractivity contribution in [3.63, 3.8) is 0 Å². The molecule has 0 saturated carbocycles. The van der Waals surface area contributed by atoms with Crippen molar-refractivity contribution in [3.8, 4) is 28.7 Å². The molecule has 0 atom stereocenters. The van der Waals surface area contributed by atoms with Crippen LogP contribution in [-0.2, 0) is 0 Å². The third-order valence-corrected chi connectivity index (χ3v) is 4.16. The maximum absolute atomic E-state index is 14.2. The Labute approximate surface area is 135 Å². The number of rotatable bonds is 4. The molecule has 0 amide bonds. The summed E-state index contributed by atoms with van der Waals surface area (Å²) in [6.07, 6.45) is 0. The number of thiazole rings is 1. The van der Waals surface area contributed by atoms with Gasteiger partial charge in [0.05, 0.1) is 29.4 Å². The number of benzene rings is 2. The molecule has 3 aromatic rings. The maximum atomic E-state index is 14.2. The lowest BCUT2D eigenvalue weighted by Gasteiger charge is -2.12. The molecule has 0 aliphatic rings. The van der Waals surface area contributed by atoms with Crippen molar-refractivity contribution < 1.29 is 23.7 Å². The van der Waals surface area contributed by atoms with E-state index in [2.05, 4.69) is 4.98 Å². The van der Waals surface area contributed by atoms with E-state index in [1.165, 1.54) is 43.8 Å². The summed E-state index contributed by atoms with van der Waals surface area (Å²) in [5, 5.41) is 10.7. The number of aromatic nitrogens is 1.